The third kappa shape index (κ3) is 7.23. The van der Waals surface area contributed by atoms with E-state index in [0.717, 1.165) is 0 Å². The Labute approximate surface area is 287 Å². The molecular weight excluding hydrogens is 792 g/mol. The third-order valence-corrected chi connectivity index (χ3v) is 20.4. The first-order chi connectivity index (χ1) is 23.4. The summed E-state index contributed by atoms with van der Waals surface area (Å²) in [5.41, 5.74) is -0.878. The maximum absolute atomic E-state index is 14.2. The van der Waals surface area contributed by atoms with Gasteiger partial charge >= 0.3 is 289 Å². The van der Waals surface area contributed by atoms with Crippen molar-refractivity contribution in [3.63, 3.8) is 0 Å². The molecule has 12 heteroatoms. The molecule has 0 aromatic heterocycles. The van der Waals surface area contributed by atoms with Gasteiger partial charge in [-0.05, 0) is 0 Å². The SMILES string of the molecule is [CH3][Ge]([CH3])(/[CH]=C/c1ccc(-c2c(F)c(F)c(F)c(F)c2F)cc1)[c]1cc[c]([Ge]([CH3])([CH3])/[CH]=C/c2ccc(-c3c(F)c(F)c(F)c(F)c3F)cc2)cc1. The first kappa shape index (κ1) is 37.2. The number of hydrogen-bond donors (Lipinski definition) is 0. The molecule has 258 valence electrons. The molecule has 50 heavy (non-hydrogen) atoms. The van der Waals surface area contributed by atoms with Gasteiger partial charge in [-0.25, -0.2) is 0 Å². The molecule has 0 aliphatic heterocycles. The van der Waals surface area contributed by atoms with Gasteiger partial charge in [0.1, 0.15) is 0 Å². The summed E-state index contributed by atoms with van der Waals surface area (Å²) < 4.78 is 141. The molecule has 5 aromatic rings. The predicted molar refractivity (Wildman–Crippen MR) is 182 cm³/mol. The number of rotatable bonds is 8. The van der Waals surface area contributed by atoms with Gasteiger partial charge in [-0.1, -0.05) is 0 Å². The van der Waals surface area contributed by atoms with Gasteiger partial charge in [-0.15, -0.1) is 0 Å². The van der Waals surface area contributed by atoms with E-state index in [0.29, 0.717) is 11.1 Å². The summed E-state index contributed by atoms with van der Waals surface area (Å²) in [6.07, 6.45) is 3.75. The Bertz CT molecular complexity index is 1920. The van der Waals surface area contributed by atoms with Crippen LogP contribution >= 0.6 is 0 Å². The minimum atomic E-state index is -2.73. The van der Waals surface area contributed by atoms with E-state index in [1.807, 2.05) is 12.2 Å². The van der Waals surface area contributed by atoms with Crippen LogP contribution in [0.4, 0.5) is 43.9 Å². The van der Waals surface area contributed by atoms with Gasteiger partial charge < -0.3 is 0 Å². The molecule has 0 saturated carbocycles. The average Bonchev–Trinajstić information content (AvgIpc) is 3.11. The molecule has 5 aromatic carbocycles. The molecule has 0 aliphatic carbocycles. The first-order valence-electron chi connectivity index (χ1n) is 15.2. The van der Waals surface area contributed by atoms with Crippen molar-refractivity contribution in [2.45, 2.75) is 23.0 Å². The fourth-order valence-corrected chi connectivity index (χ4v) is 13.0. The molecule has 0 fully saturated rings. The van der Waals surface area contributed by atoms with Crippen molar-refractivity contribution in [3.05, 3.63) is 152 Å². The number of halogens is 10. The number of benzene rings is 5. The van der Waals surface area contributed by atoms with Crippen LogP contribution in [0.25, 0.3) is 34.4 Å². The Morgan fingerprint density at radius 1 is 0.340 bits per heavy atom. The summed E-state index contributed by atoms with van der Waals surface area (Å²) >= 11 is -5.47. The van der Waals surface area contributed by atoms with Crippen LogP contribution in [-0.2, 0) is 0 Å². The second kappa shape index (κ2) is 14.3. The molecule has 0 aliphatic rings. The third-order valence-electron chi connectivity index (χ3n) is 8.58. The molecule has 0 heterocycles. The first-order valence-corrected chi connectivity index (χ1v) is 28.1. The quantitative estimate of drug-likeness (QED) is 0.0633. The van der Waals surface area contributed by atoms with Gasteiger partial charge in [0.2, 0.25) is 0 Å². The average molecular weight is 820 g/mol. The predicted octanol–water partition coefficient (Wildman–Crippen LogP) is 10.7. The molecule has 0 amide bonds. The topological polar surface area (TPSA) is 0 Å². The Morgan fingerprint density at radius 3 is 0.840 bits per heavy atom. The summed E-state index contributed by atoms with van der Waals surface area (Å²) in [4.78, 5) is 4.23. The van der Waals surface area contributed by atoms with E-state index in [4.69, 9.17) is 0 Å². The Kier molecular flexibility index (Phi) is 10.6. The van der Waals surface area contributed by atoms with Crippen molar-refractivity contribution < 1.29 is 43.9 Å². The van der Waals surface area contributed by atoms with Crippen LogP contribution in [-0.4, -0.2) is 26.5 Å². The van der Waals surface area contributed by atoms with Crippen molar-refractivity contribution in [1.82, 2.24) is 0 Å². The maximum atomic E-state index is 14.2. The van der Waals surface area contributed by atoms with Gasteiger partial charge in [0.25, 0.3) is 0 Å². The van der Waals surface area contributed by atoms with Gasteiger partial charge in [0.15, 0.2) is 0 Å². The van der Waals surface area contributed by atoms with E-state index in [2.05, 4.69) is 57.1 Å². The Hall–Kier alpha value is -4.03. The van der Waals surface area contributed by atoms with Gasteiger partial charge in [0, 0.05) is 0 Å². The van der Waals surface area contributed by atoms with Gasteiger partial charge in [-0.2, -0.15) is 0 Å². The van der Waals surface area contributed by atoms with E-state index in [1.165, 1.54) is 33.1 Å². The molecule has 0 N–H and O–H groups in total. The molecule has 0 spiro atoms. The zero-order chi connectivity index (χ0) is 36.7. The zero-order valence-electron chi connectivity index (χ0n) is 27.0. The normalized spacial score (nSPS) is 12.4. The van der Waals surface area contributed by atoms with E-state index in [1.54, 1.807) is 24.3 Å². The molecular formula is C38H28F10Ge2. The van der Waals surface area contributed by atoms with Crippen LogP contribution in [0.15, 0.2) is 82.6 Å². The molecule has 0 bridgehead atoms. The summed E-state index contributed by atoms with van der Waals surface area (Å²) in [7, 11) is 0. The van der Waals surface area contributed by atoms with E-state index >= 15 is 0 Å². The van der Waals surface area contributed by atoms with Crippen LogP contribution < -0.4 is 8.79 Å². The van der Waals surface area contributed by atoms with Crippen LogP contribution in [0.5, 0.6) is 0 Å². The molecule has 0 unspecified atom stereocenters. The Balaban J connectivity index is 1.29. The standard InChI is InChI=1S/C38H28F10Ge2/c1-49(2,19-17-21-5-9-23(10-6-21)27-29(39)33(43)37(47)34(44)30(27)40)25-13-15-26(16-14-25)50(3,4)20-18-22-7-11-24(12-8-22)28-31(41)35(45)38(48)36(46)32(28)42/h5-20H,1-4H3/b19-17+,20-18+. The zero-order valence-corrected chi connectivity index (χ0v) is 31.2. The molecule has 0 nitrogen and oxygen atoms in total. The van der Waals surface area contributed by atoms with Crippen molar-refractivity contribution >= 4 is 47.5 Å². The van der Waals surface area contributed by atoms with Crippen LogP contribution in [0.1, 0.15) is 11.1 Å². The molecule has 0 saturated heterocycles. The Morgan fingerprint density at radius 2 is 0.580 bits per heavy atom. The monoisotopic (exact) mass is 822 g/mol. The van der Waals surface area contributed by atoms with Crippen molar-refractivity contribution in [3.8, 4) is 22.3 Å². The fraction of sp³-hybridized carbons (Fsp3) is 0.105. The van der Waals surface area contributed by atoms with Gasteiger partial charge in [-0.3, -0.25) is 0 Å². The van der Waals surface area contributed by atoms with Crippen LogP contribution in [0.2, 0.25) is 23.0 Å². The van der Waals surface area contributed by atoms with Crippen molar-refractivity contribution in [2.24, 2.45) is 0 Å². The summed E-state index contributed by atoms with van der Waals surface area (Å²) in [5.74, 6) is -11.3. The summed E-state index contributed by atoms with van der Waals surface area (Å²) in [6, 6.07) is 19.7. The van der Waals surface area contributed by atoms with E-state index in [-0.39, 0.29) is 11.1 Å². The second-order valence-electron chi connectivity index (χ2n) is 12.8. The van der Waals surface area contributed by atoms with Crippen molar-refractivity contribution in [1.29, 1.82) is 0 Å². The van der Waals surface area contributed by atoms with E-state index < -0.39 is 95.8 Å². The van der Waals surface area contributed by atoms with Crippen molar-refractivity contribution in [2.75, 3.05) is 0 Å². The van der Waals surface area contributed by atoms with E-state index in [9.17, 15) is 43.9 Å². The fourth-order valence-electron chi connectivity index (χ4n) is 5.37. The van der Waals surface area contributed by atoms with Gasteiger partial charge in [0.05, 0.1) is 0 Å². The van der Waals surface area contributed by atoms with Crippen LogP contribution in [0.3, 0.4) is 0 Å². The molecule has 0 atom stereocenters. The number of hydrogen-bond acceptors (Lipinski definition) is 0. The summed E-state index contributed by atoms with van der Waals surface area (Å²) in [6.45, 7) is 0. The molecule has 5 rings (SSSR count). The summed E-state index contributed by atoms with van der Waals surface area (Å²) in [5, 5.41) is 0. The second-order valence-corrected chi connectivity index (χ2v) is 31.1. The molecule has 0 radical (unpaired) electrons. The minimum absolute atomic E-state index is 0.144. The van der Waals surface area contributed by atoms with Crippen LogP contribution in [0, 0.1) is 58.2 Å².